The highest BCUT2D eigenvalue weighted by Crippen LogP contribution is 2.31. The van der Waals surface area contributed by atoms with E-state index in [1.165, 1.54) is 36.4 Å². The lowest BCUT2D eigenvalue weighted by Gasteiger charge is -2.14. The standard InChI is InChI=1S/C15H12F2N2O/c1-9(19)11-7-10(16)5-6-15(11)20-14-4-2-3-13(17)12(14)8-18/h2-7,9H,19H2,1H3/t9-/m0/s1. The molecule has 2 aromatic rings. The van der Waals surface area contributed by atoms with Crippen LogP contribution in [-0.2, 0) is 0 Å². The number of hydrogen-bond donors (Lipinski definition) is 1. The van der Waals surface area contributed by atoms with Crippen LogP contribution in [0.4, 0.5) is 8.78 Å². The normalized spacial score (nSPS) is 11.8. The highest BCUT2D eigenvalue weighted by molar-refractivity contribution is 5.48. The zero-order valence-corrected chi connectivity index (χ0v) is 10.7. The summed E-state index contributed by atoms with van der Waals surface area (Å²) in [6.07, 6.45) is 0. The number of nitrogens with two attached hydrogens (primary N) is 1. The van der Waals surface area contributed by atoms with Crippen molar-refractivity contribution < 1.29 is 13.5 Å². The minimum atomic E-state index is -0.672. The van der Waals surface area contributed by atoms with E-state index in [2.05, 4.69) is 0 Å². The predicted octanol–water partition coefficient (Wildman–Crippen LogP) is 3.65. The molecule has 0 aromatic heterocycles. The van der Waals surface area contributed by atoms with Crippen LogP contribution in [0.15, 0.2) is 36.4 Å². The van der Waals surface area contributed by atoms with Crippen LogP contribution in [0, 0.1) is 23.0 Å². The Morgan fingerprint density at radius 2 is 1.95 bits per heavy atom. The molecule has 0 saturated carbocycles. The highest BCUT2D eigenvalue weighted by atomic mass is 19.1. The lowest BCUT2D eigenvalue weighted by Crippen LogP contribution is -2.07. The SMILES string of the molecule is C[C@H](N)c1cc(F)ccc1Oc1cccc(F)c1C#N. The molecule has 3 nitrogen and oxygen atoms in total. The average molecular weight is 274 g/mol. The van der Waals surface area contributed by atoms with E-state index in [0.29, 0.717) is 11.3 Å². The van der Waals surface area contributed by atoms with Gasteiger partial charge in [-0.3, -0.25) is 0 Å². The largest absolute Gasteiger partial charge is 0.456 e. The van der Waals surface area contributed by atoms with Gasteiger partial charge in [-0.1, -0.05) is 6.07 Å². The summed E-state index contributed by atoms with van der Waals surface area (Å²) in [5.74, 6) is -0.747. The Balaban J connectivity index is 2.46. The van der Waals surface area contributed by atoms with E-state index in [1.54, 1.807) is 13.0 Å². The molecule has 0 aliphatic rings. The first-order valence-corrected chi connectivity index (χ1v) is 5.94. The van der Waals surface area contributed by atoms with Gasteiger partial charge in [-0.15, -0.1) is 0 Å². The minimum absolute atomic E-state index is 0.0704. The van der Waals surface area contributed by atoms with Gasteiger partial charge < -0.3 is 10.5 Å². The van der Waals surface area contributed by atoms with Crippen LogP contribution in [-0.4, -0.2) is 0 Å². The molecule has 0 aliphatic carbocycles. The van der Waals surface area contributed by atoms with Crippen LogP contribution in [0.5, 0.6) is 11.5 Å². The third-order valence-electron chi connectivity index (χ3n) is 2.77. The van der Waals surface area contributed by atoms with Gasteiger partial charge >= 0.3 is 0 Å². The minimum Gasteiger partial charge on any atom is -0.456 e. The first-order valence-electron chi connectivity index (χ1n) is 5.94. The van der Waals surface area contributed by atoms with E-state index in [4.69, 9.17) is 15.7 Å². The van der Waals surface area contributed by atoms with Gasteiger partial charge in [0, 0.05) is 11.6 Å². The fourth-order valence-electron chi connectivity index (χ4n) is 1.78. The van der Waals surface area contributed by atoms with Crippen LogP contribution in [0.1, 0.15) is 24.1 Å². The van der Waals surface area contributed by atoms with Gasteiger partial charge in [-0.25, -0.2) is 8.78 Å². The topological polar surface area (TPSA) is 59.0 Å². The molecule has 102 valence electrons. The van der Waals surface area contributed by atoms with Gasteiger partial charge in [0.2, 0.25) is 0 Å². The first-order chi connectivity index (χ1) is 9.52. The second-order valence-electron chi connectivity index (χ2n) is 4.30. The Morgan fingerprint density at radius 3 is 2.60 bits per heavy atom. The van der Waals surface area contributed by atoms with E-state index in [1.807, 2.05) is 0 Å². The van der Waals surface area contributed by atoms with Gasteiger partial charge in [0.15, 0.2) is 0 Å². The maximum atomic E-state index is 13.5. The van der Waals surface area contributed by atoms with Crippen LogP contribution < -0.4 is 10.5 Å². The monoisotopic (exact) mass is 274 g/mol. The van der Waals surface area contributed by atoms with Gasteiger partial charge in [-0.2, -0.15) is 5.26 Å². The van der Waals surface area contributed by atoms with Gasteiger partial charge in [0.25, 0.3) is 0 Å². The molecular formula is C15H12F2N2O. The second kappa shape index (κ2) is 5.68. The lowest BCUT2D eigenvalue weighted by molar-refractivity contribution is 0.462. The van der Waals surface area contributed by atoms with Crippen molar-refractivity contribution in [2.45, 2.75) is 13.0 Å². The van der Waals surface area contributed by atoms with Crippen molar-refractivity contribution in [2.75, 3.05) is 0 Å². The summed E-state index contributed by atoms with van der Waals surface area (Å²) >= 11 is 0. The Kier molecular flexibility index (Phi) is 3.97. The van der Waals surface area contributed by atoms with E-state index in [-0.39, 0.29) is 11.3 Å². The molecule has 0 heterocycles. The summed E-state index contributed by atoms with van der Waals surface area (Å²) in [7, 11) is 0. The first kappa shape index (κ1) is 14.0. The maximum Gasteiger partial charge on any atom is 0.148 e. The molecule has 1 atom stereocenters. The number of nitrogens with zero attached hydrogens (tertiary/aromatic N) is 1. The maximum absolute atomic E-state index is 13.5. The fraction of sp³-hybridized carbons (Fsp3) is 0.133. The molecule has 0 spiro atoms. The van der Waals surface area contributed by atoms with Gasteiger partial charge in [0.05, 0.1) is 0 Å². The van der Waals surface area contributed by atoms with E-state index in [0.717, 1.165) is 0 Å². The highest BCUT2D eigenvalue weighted by Gasteiger charge is 2.14. The summed E-state index contributed by atoms with van der Waals surface area (Å²) in [6.45, 7) is 1.68. The molecule has 0 unspecified atom stereocenters. The number of ether oxygens (including phenoxy) is 1. The third kappa shape index (κ3) is 2.76. The summed E-state index contributed by atoms with van der Waals surface area (Å²) < 4.78 is 32.2. The predicted molar refractivity (Wildman–Crippen MR) is 70.2 cm³/mol. The molecular weight excluding hydrogens is 262 g/mol. The Morgan fingerprint density at radius 1 is 1.20 bits per heavy atom. The molecule has 2 N–H and O–H groups in total. The molecule has 2 aromatic carbocycles. The van der Waals surface area contributed by atoms with Crippen molar-refractivity contribution >= 4 is 0 Å². The Hall–Kier alpha value is -2.45. The van der Waals surface area contributed by atoms with Crippen LogP contribution >= 0.6 is 0 Å². The summed E-state index contributed by atoms with van der Waals surface area (Å²) in [5.41, 5.74) is 5.99. The van der Waals surface area contributed by atoms with E-state index in [9.17, 15) is 8.78 Å². The van der Waals surface area contributed by atoms with Crippen molar-refractivity contribution in [3.05, 3.63) is 59.2 Å². The molecule has 2 rings (SSSR count). The van der Waals surface area contributed by atoms with Crippen LogP contribution in [0.3, 0.4) is 0 Å². The summed E-state index contributed by atoms with van der Waals surface area (Å²) in [4.78, 5) is 0. The fourth-order valence-corrected chi connectivity index (χ4v) is 1.78. The number of nitriles is 1. The smallest absolute Gasteiger partial charge is 0.148 e. The second-order valence-corrected chi connectivity index (χ2v) is 4.30. The van der Waals surface area contributed by atoms with E-state index < -0.39 is 17.7 Å². The zero-order chi connectivity index (χ0) is 14.7. The van der Waals surface area contributed by atoms with Crippen molar-refractivity contribution in [1.29, 1.82) is 5.26 Å². The number of hydrogen-bond acceptors (Lipinski definition) is 3. The zero-order valence-electron chi connectivity index (χ0n) is 10.7. The molecule has 20 heavy (non-hydrogen) atoms. The number of halogens is 2. The number of rotatable bonds is 3. The molecule has 0 fully saturated rings. The van der Waals surface area contributed by atoms with Crippen molar-refractivity contribution in [1.82, 2.24) is 0 Å². The average Bonchev–Trinajstić information content (AvgIpc) is 2.41. The number of benzene rings is 2. The molecule has 0 aliphatic heterocycles. The molecule has 0 bridgehead atoms. The molecule has 0 amide bonds. The van der Waals surface area contributed by atoms with Gasteiger partial charge in [0.1, 0.15) is 34.8 Å². The summed E-state index contributed by atoms with van der Waals surface area (Å²) in [5, 5.41) is 8.95. The molecule has 5 heteroatoms. The van der Waals surface area contributed by atoms with Crippen molar-refractivity contribution in [2.24, 2.45) is 5.73 Å². The van der Waals surface area contributed by atoms with Crippen molar-refractivity contribution in [3.63, 3.8) is 0 Å². The van der Waals surface area contributed by atoms with Crippen molar-refractivity contribution in [3.8, 4) is 17.6 Å². The lowest BCUT2D eigenvalue weighted by atomic mass is 10.1. The molecule has 0 saturated heterocycles. The van der Waals surface area contributed by atoms with Gasteiger partial charge in [-0.05, 0) is 37.3 Å². The molecule has 0 radical (unpaired) electrons. The Bertz CT molecular complexity index is 678. The third-order valence-corrected chi connectivity index (χ3v) is 2.77. The van der Waals surface area contributed by atoms with E-state index >= 15 is 0 Å². The Labute approximate surface area is 115 Å². The quantitative estimate of drug-likeness (QED) is 0.929. The summed E-state index contributed by atoms with van der Waals surface area (Å²) in [6, 6.07) is 9.22. The van der Waals surface area contributed by atoms with Crippen LogP contribution in [0.25, 0.3) is 0 Å². The van der Waals surface area contributed by atoms with Crippen LogP contribution in [0.2, 0.25) is 0 Å².